The topological polar surface area (TPSA) is 111 Å². The molecular weight excluding hydrogens is 322 g/mol. The Hall–Kier alpha value is -2.94. The molecule has 0 fully saturated rings. The Morgan fingerprint density at radius 3 is 2.52 bits per heavy atom. The molecule has 0 aliphatic rings. The highest BCUT2D eigenvalue weighted by Gasteiger charge is 2.24. The van der Waals surface area contributed by atoms with Crippen LogP contribution in [0.25, 0.3) is 0 Å². The third kappa shape index (κ3) is 3.83. The number of hydrogen-bond donors (Lipinski definition) is 1. The Labute approximate surface area is 132 Å². The van der Waals surface area contributed by atoms with Crippen molar-refractivity contribution in [2.45, 2.75) is 4.90 Å². The average molecular weight is 335 g/mol. The normalized spacial score (nSPS) is 11.3. The Morgan fingerprint density at radius 1 is 1.17 bits per heavy atom. The molecule has 0 amide bonds. The Kier molecular flexibility index (Phi) is 4.91. The predicted molar refractivity (Wildman–Crippen MR) is 84.0 cm³/mol. The number of nitrogens with one attached hydrogen (secondary N) is 1. The summed E-state index contributed by atoms with van der Waals surface area (Å²) in [5.74, 6) is 0.515. The van der Waals surface area contributed by atoms with Crippen molar-refractivity contribution in [2.75, 3.05) is 7.11 Å². The quantitative estimate of drug-likeness (QED) is 0.492. The zero-order chi connectivity index (χ0) is 16.9. The van der Waals surface area contributed by atoms with Crippen molar-refractivity contribution < 1.29 is 18.1 Å². The van der Waals surface area contributed by atoms with Crippen molar-refractivity contribution in [2.24, 2.45) is 5.10 Å². The van der Waals surface area contributed by atoms with Crippen LogP contribution in [0.4, 0.5) is 5.69 Å². The Bertz CT molecular complexity index is 849. The van der Waals surface area contributed by atoms with E-state index in [2.05, 4.69) is 5.10 Å². The van der Waals surface area contributed by atoms with E-state index >= 15 is 0 Å². The van der Waals surface area contributed by atoms with Gasteiger partial charge in [-0.15, -0.1) is 0 Å². The summed E-state index contributed by atoms with van der Waals surface area (Å²) < 4.78 is 29.4. The fourth-order valence-electron chi connectivity index (χ4n) is 1.82. The molecule has 0 unspecified atom stereocenters. The van der Waals surface area contributed by atoms with Crippen molar-refractivity contribution in [3.8, 4) is 5.75 Å². The lowest BCUT2D eigenvalue weighted by Crippen LogP contribution is -2.19. The second-order valence-electron chi connectivity index (χ2n) is 4.32. The van der Waals surface area contributed by atoms with Crippen LogP contribution in [0.3, 0.4) is 0 Å². The number of ether oxygens (including phenoxy) is 1. The average Bonchev–Trinajstić information content (AvgIpc) is 2.55. The van der Waals surface area contributed by atoms with Gasteiger partial charge in [0.1, 0.15) is 5.75 Å². The van der Waals surface area contributed by atoms with E-state index in [0.29, 0.717) is 11.3 Å². The van der Waals surface area contributed by atoms with Gasteiger partial charge in [-0.25, -0.2) is 0 Å². The van der Waals surface area contributed by atoms with Crippen LogP contribution < -0.4 is 9.57 Å². The van der Waals surface area contributed by atoms with Gasteiger partial charge in [0.15, 0.2) is 4.90 Å². The van der Waals surface area contributed by atoms with Gasteiger partial charge in [0.05, 0.1) is 18.2 Å². The van der Waals surface area contributed by atoms with E-state index in [0.717, 1.165) is 12.1 Å². The number of nitro benzene ring substituents is 1. The van der Waals surface area contributed by atoms with Gasteiger partial charge in [-0.1, -0.05) is 24.3 Å². The number of benzene rings is 2. The molecule has 2 aromatic carbocycles. The molecule has 2 aromatic rings. The summed E-state index contributed by atoms with van der Waals surface area (Å²) in [5, 5.41) is 14.5. The molecule has 0 aliphatic carbocycles. The van der Waals surface area contributed by atoms with Crippen molar-refractivity contribution in [3.63, 3.8) is 0 Å². The number of nitrogens with zero attached hydrogens (tertiary/aromatic N) is 2. The van der Waals surface area contributed by atoms with Crippen LogP contribution in [0.15, 0.2) is 58.5 Å². The molecule has 120 valence electrons. The van der Waals surface area contributed by atoms with Crippen LogP contribution in [0, 0.1) is 10.1 Å². The predicted octanol–water partition coefficient (Wildman–Crippen LogP) is 1.92. The van der Waals surface area contributed by atoms with E-state index in [1.165, 1.54) is 25.5 Å². The maximum atomic E-state index is 12.1. The summed E-state index contributed by atoms with van der Waals surface area (Å²) >= 11 is 0. The molecule has 0 heterocycles. The van der Waals surface area contributed by atoms with Crippen molar-refractivity contribution in [1.29, 1.82) is 0 Å². The molecule has 0 aromatic heterocycles. The van der Waals surface area contributed by atoms with Gasteiger partial charge in [0, 0.05) is 11.6 Å². The van der Waals surface area contributed by atoms with Gasteiger partial charge in [-0.2, -0.15) is 18.4 Å². The van der Waals surface area contributed by atoms with E-state index < -0.39 is 25.5 Å². The summed E-state index contributed by atoms with van der Waals surface area (Å²) in [5.41, 5.74) is 0.0350. The van der Waals surface area contributed by atoms with Gasteiger partial charge < -0.3 is 4.74 Å². The highest BCUT2D eigenvalue weighted by Crippen LogP contribution is 2.22. The minimum absolute atomic E-state index is 0.456. The molecule has 1 N–H and O–H groups in total. The molecule has 8 nitrogen and oxygen atoms in total. The van der Waals surface area contributed by atoms with Gasteiger partial charge in [-0.3, -0.25) is 10.1 Å². The third-order valence-corrected chi connectivity index (χ3v) is 4.14. The van der Waals surface area contributed by atoms with Crippen LogP contribution in [-0.4, -0.2) is 26.7 Å². The molecule has 23 heavy (non-hydrogen) atoms. The van der Waals surface area contributed by atoms with Gasteiger partial charge in [0.2, 0.25) is 0 Å². The van der Waals surface area contributed by atoms with E-state index in [1.807, 2.05) is 4.83 Å². The Morgan fingerprint density at radius 2 is 1.83 bits per heavy atom. The summed E-state index contributed by atoms with van der Waals surface area (Å²) in [7, 11) is -2.68. The number of rotatable bonds is 6. The van der Waals surface area contributed by atoms with Gasteiger partial charge in [0.25, 0.3) is 15.7 Å². The first-order valence-corrected chi connectivity index (χ1v) is 7.85. The second-order valence-corrected chi connectivity index (χ2v) is 5.95. The van der Waals surface area contributed by atoms with Crippen LogP contribution in [-0.2, 0) is 10.0 Å². The number of sulfonamides is 1. The molecule has 0 aliphatic heterocycles. The summed E-state index contributed by atoms with van der Waals surface area (Å²) in [6, 6.07) is 11.9. The minimum atomic E-state index is -4.16. The first kappa shape index (κ1) is 16.4. The fraction of sp³-hybridized carbons (Fsp3) is 0.0714. The molecular formula is C14H13N3O5S. The molecule has 0 saturated heterocycles. The number of para-hydroxylation sites is 2. The Balaban J connectivity index is 2.26. The maximum absolute atomic E-state index is 12.1. The highest BCUT2D eigenvalue weighted by molar-refractivity contribution is 7.89. The standard InChI is InChI=1S/C14H13N3O5S/c1-22-13-8-4-2-6-11(13)10-15-16-23(20,21)14-9-5-3-7-12(14)17(18)19/h2-10,16H,1H3/b15-10+. The van der Waals surface area contributed by atoms with E-state index in [-0.39, 0.29) is 0 Å². The number of hydrogen-bond acceptors (Lipinski definition) is 6. The molecule has 0 radical (unpaired) electrons. The second kappa shape index (κ2) is 6.88. The summed E-state index contributed by atoms with van der Waals surface area (Å²) in [6.45, 7) is 0. The molecule has 0 saturated carbocycles. The van der Waals surface area contributed by atoms with E-state index in [9.17, 15) is 18.5 Å². The number of hydrazone groups is 1. The van der Waals surface area contributed by atoms with Crippen molar-refractivity contribution in [3.05, 3.63) is 64.2 Å². The van der Waals surface area contributed by atoms with Crippen molar-refractivity contribution >= 4 is 21.9 Å². The van der Waals surface area contributed by atoms with Crippen LogP contribution in [0.5, 0.6) is 5.75 Å². The monoisotopic (exact) mass is 335 g/mol. The molecule has 0 atom stereocenters. The highest BCUT2D eigenvalue weighted by atomic mass is 32.2. The lowest BCUT2D eigenvalue weighted by Gasteiger charge is -2.05. The fourth-order valence-corrected chi connectivity index (χ4v) is 2.79. The number of methoxy groups -OCH3 is 1. The number of nitro groups is 1. The zero-order valence-electron chi connectivity index (χ0n) is 12.0. The smallest absolute Gasteiger partial charge is 0.289 e. The summed E-state index contributed by atoms with van der Waals surface area (Å²) in [4.78, 5) is 11.6. The molecule has 0 bridgehead atoms. The maximum Gasteiger partial charge on any atom is 0.289 e. The van der Waals surface area contributed by atoms with Crippen molar-refractivity contribution in [1.82, 2.24) is 4.83 Å². The lowest BCUT2D eigenvalue weighted by atomic mass is 10.2. The SMILES string of the molecule is COc1ccccc1/C=N/NS(=O)(=O)c1ccccc1[N+](=O)[O-]. The van der Waals surface area contributed by atoms with Crippen LogP contribution in [0.1, 0.15) is 5.56 Å². The third-order valence-electron chi connectivity index (χ3n) is 2.87. The molecule has 9 heteroatoms. The largest absolute Gasteiger partial charge is 0.496 e. The van der Waals surface area contributed by atoms with Crippen LogP contribution >= 0.6 is 0 Å². The summed E-state index contributed by atoms with van der Waals surface area (Å²) in [6.07, 6.45) is 1.26. The van der Waals surface area contributed by atoms with Gasteiger partial charge in [-0.05, 0) is 18.2 Å². The van der Waals surface area contributed by atoms with E-state index in [1.54, 1.807) is 24.3 Å². The first-order valence-electron chi connectivity index (χ1n) is 6.37. The van der Waals surface area contributed by atoms with Crippen LogP contribution in [0.2, 0.25) is 0 Å². The molecule has 2 rings (SSSR count). The van der Waals surface area contributed by atoms with E-state index in [4.69, 9.17) is 4.74 Å². The van der Waals surface area contributed by atoms with Gasteiger partial charge >= 0.3 is 0 Å². The molecule has 0 spiro atoms. The minimum Gasteiger partial charge on any atom is -0.496 e. The lowest BCUT2D eigenvalue weighted by molar-refractivity contribution is -0.387. The first-order chi connectivity index (χ1) is 11.0. The zero-order valence-corrected chi connectivity index (χ0v) is 12.9.